The van der Waals surface area contributed by atoms with Gasteiger partial charge in [-0.05, 0) is 69.1 Å². The molecule has 3 atom stereocenters. The van der Waals surface area contributed by atoms with Crippen molar-refractivity contribution in [1.82, 2.24) is 19.9 Å². The molecule has 0 aliphatic heterocycles. The van der Waals surface area contributed by atoms with Crippen LogP contribution in [0.3, 0.4) is 0 Å². The molecule has 2 aromatic heterocycles. The van der Waals surface area contributed by atoms with Crippen LogP contribution in [0.4, 0.5) is 24.8 Å². The van der Waals surface area contributed by atoms with Crippen molar-refractivity contribution in [3.63, 3.8) is 0 Å². The maximum absolute atomic E-state index is 13.4. The second-order valence-electron chi connectivity index (χ2n) is 9.41. The monoisotopic (exact) mass is 598 g/mol. The van der Waals surface area contributed by atoms with Crippen LogP contribution < -0.4 is 9.79 Å². The summed E-state index contributed by atoms with van der Waals surface area (Å²) >= 11 is 5.80. The number of rotatable bonds is 9. The molecule has 0 unspecified atom stereocenters. The van der Waals surface area contributed by atoms with Crippen molar-refractivity contribution in [2.75, 3.05) is 23.9 Å². The number of pyridine rings is 1. The molecule has 0 amide bonds. The summed E-state index contributed by atoms with van der Waals surface area (Å²) in [6.45, 7) is -0.0330. The van der Waals surface area contributed by atoms with E-state index in [2.05, 4.69) is 25.1 Å². The lowest BCUT2D eigenvalue weighted by molar-refractivity contribution is -0.137. The van der Waals surface area contributed by atoms with Crippen LogP contribution in [0.2, 0.25) is 5.02 Å². The normalized spacial score (nSPS) is 19.7. The number of hydrogen-bond donors (Lipinski definition) is 1. The molecule has 1 saturated carbocycles. The van der Waals surface area contributed by atoms with E-state index < -0.39 is 21.8 Å². The third-order valence-corrected chi connectivity index (χ3v) is 8.60. The lowest BCUT2D eigenvalue weighted by atomic mass is 9.78. The van der Waals surface area contributed by atoms with E-state index in [1.807, 2.05) is 19.0 Å². The van der Waals surface area contributed by atoms with Crippen LogP contribution in [0.1, 0.15) is 36.3 Å². The minimum absolute atomic E-state index is 0.0330. The number of aromatic nitrogens is 3. The second-order valence-corrected chi connectivity index (χ2v) is 11.6. The molecule has 214 valence electrons. The molecule has 40 heavy (non-hydrogen) atoms. The van der Waals surface area contributed by atoms with E-state index in [0.29, 0.717) is 35.1 Å². The van der Waals surface area contributed by atoms with Crippen LogP contribution in [0.5, 0.6) is 0 Å². The third kappa shape index (κ3) is 6.45. The van der Waals surface area contributed by atoms with Gasteiger partial charge in [0.2, 0.25) is 0 Å². The molecular weight excluding hydrogens is 573 g/mol. The SMILES string of the molecule is CN(C)[C@H]1C[C@@H](c2ccc(Cl)c(C(F)(F)F)c2)CC[C@@H]1Nc1ccc(S(=O)(=O)N(OC=O)c2ccncn2)cn1. The zero-order chi connectivity index (χ0) is 29.1. The van der Waals surface area contributed by atoms with Gasteiger partial charge < -0.3 is 15.1 Å². The number of carbonyl (C=O) groups excluding carboxylic acids is 1. The quantitative estimate of drug-likeness (QED) is 0.280. The molecule has 1 aliphatic rings. The first-order valence-electron chi connectivity index (χ1n) is 12.1. The van der Waals surface area contributed by atoms with E-state index in [-0.39, 0.29) is 40.2 Å². The Morgan fingerprint density at radius 2 is 1.90 bits per heavy atom. The van der Waals surface area contributed by atoms with E-state index >= 15 is 0 Å². The van der Waals surface area contributed by atoms with Crippen molar-refractivity contribution in [1.29, 1.82) is 0 Å². The van der Waals surface area contributed by atoms with Crippen molar-refractivity contribution in [2.45, 2.75) is 48.3 Å². The number of anilines is 2. The smallest absolute Gasteiger partial charge is 0.366 e. The molecule has 3 aromatic rings. The summed E-state index contributed by atoms with van der Waals surface area (Å²) in [4.78, 5) is 29.2. The van der Waals surface area contributed by atoms with Crippen LogP contribution in [0.25, 0.3) is 0 Å². The van der Waals surface area contributed by atoms with E-state index in [0.717, 1.165) is 18.6 Å². The van der Waals surface area contributed by atoms with Crippen LogP contribution in [-0.4, -0.2) is 60.9 Å². The van der Waals surface area contributed by atoms with E-state index in [4.69, 9.17) is 11.6 Å². The summed E-state index contributed by atoms with van der Waals surface area (Å²) in [7, 11) is -0.561. The highest BCUT2D eigenvalue weighted by atomic mass is 35.5. The van der Waals surface area contributed by atoms with Crippen molar-refractivity contribution in [3.05, 3.63) is 71.3 Å². The first-order valence-corrected chi connectivity index (χ1v) is 13.9. The van der Waals surface area contributed by atoms with Crippen molar-refractivity contribution < 1.29 is 31.2 Å². The Balaban J connectivity index is 1.50. The molecule has 0 radical (unpaired) electrons. The highest BCUT2D eigenvalue weighted by molar-refractivity contribution is 7.92. The molecule has 10 nitrogen and oxygen atoms in total. The van der Waals surface area contributed by atoms with Crippen molar-refractivity contribution in [2.24, 2.45) is 0 Å². The number of benzene rings is 1. The summed E-state index contributed by atoms with van der Waals surface area (Å²) in [5.41, 5.74) is -0.259. The van der Waals surface area contributed by atoms with Crippen LogP contribution >= 0.6 is 11.6 Å². The molecule has 1 aromatic carbocycles. The molecule has 1 fully saturated rings. The average Bonchev–Trinajstić information content (AvgIpc) is 2.92. The van der Waals surface area contributed by atoms with Gasteiger partial charge in [-0.3, -0.25) is 4.79 Å². The molecule has 4 rings (SSSR count). The van der Waals surface area contributed by atoms with Gasteiger partial charge in [-0.1, -0.05) is 22.1 Å². The van der Waals surface area contributed by atoms with Gasteiger partial charge in [0, 0.05) is 30.5 Å². The van der Waals surface area contributed by atoms with Gasteiger partial charge >= 0.3 is 12.6 Å². The van der Waals surface area contributed by atoms with Gasteiger partial charge in [0.05, 0.1) is 10.6 Å². The standard InChI is InChI=1S/C25H26ClF3N6O4S/c1-34(2)22-12-17(16-3-6-20(26)19(11-16)25(27,28)29)4-7-21(22)33-23-8-5-18(13-31-23)40(37,38)35(39-15-36)24-9-10-30-14-32-24/h3,5-6,8-11,13-15,17,21-22H,4,7,12H2,1-2H3,(H,31,33)/t17-,21-,22-/m0/s1. The van der Waals surface area contributed by atoms with Crippen LogP contribution in [0, 0.1) is 0 Å². The molecule has 1 N–H and O–H groups in total. The zero-order valence-electron chi connectivity index (χ0n) is 21.4. The topological polar surface area (TPSA) is 118 Å². The molecule has 2 heterocycles. The molecule has 0 spiro atoms. The van der Waals surface area contributed by atoms with Crippen LogP contribution in [-0.2, 0) is 25.8 Å². The number of alkyl halides is 3. The molecular formula is C25H26ClF3N6O4S. The van der Waals surface area contributed by atoms with E-state index in [9.17, 15) is 26.4 Å². The highest BCUT2D eigenvalue weighted by Crippen LogP contribution is 2.40. The van der Waals surface area contributed by atoms with E-state index in [1.165, 1.54) is 30.5 Å². The maximum Gasteiger partial charge on any atom is 0.417 e. The largest absolute Gasteiger partial charge is 0.417 e. The minimum Gasteiger partial charge on any atom is -0.366 e. The van der Waals surface area contributed by atoms with Crippen molar-refractivity contribution >= 4 is 39.7 Å². The fourth-order valence-corrected chi connectivity index (χ4v) is 6.12. The van der Waals surface area contributed by atoms with Crippen molar-refractivity contribution in [3.8, 4) is 0 Å². The Morgan fingerprint density at radius 3 is 2.50 bits per heavy atom. The summed E-state index contributed by atoms with van der Waals surface area (Å²) in [6.07, 6.45) is 0.842. The van der Waals surface area contributed by atoms with E-state index in [1.54, 1.807) is 6.07 Å². The number of likely N-dealkylation sites (N-methyl/N-ethyl adjacent to an activating group) is 1. The van der Waals surface area contributed by atoms with Gasteiger partial charge in [0.15, 0.2) is 5.82 Å². The van der Waals surface area contributed by atoms with Gasteiger partial charge in [-0.2, -0.15) is 21.6 Å². The predicted octanol–water partition coefficient (Wildman–Crippen LogP) is 4.51. The highest BCUT2D eigenvalue weighted by Gasteiger charge is 2.37. The summed E-state index contributed by atoms with van der Waals surface area (Å²) in [5.74, 6) is 0.137. The summed E-state index contributed by atoms with van der Waals surface area (Å²) in [5, 5.41) is 2.99. The fourth-order valence-electron chi connectivity index (χ4n) is 4.77. The molecule has 1 aliphatic carbocycles. The minimum atomic E-state index is -4.54. The van der Waals surface area contributed by atoms with Gasteiger partial charge in [0.25, 0.3) is 10.0 Å². The Kier molecular flexibility index (Phi) is 8.80. The Morgan fingerprint density at radius 1 is 1.12 bits per heavy atom. The Labute approximate surface area is 234 Å². The first kappa shape index (κ1) is 29.5. The van der Waals surface area contributed by atoms with Gasteiger partial charge in [-0.15, -0.1) is 0 Å². The fraction of sp³-hybridized carbons (Fsp3) is 0.360. The van der Waals surface area contributed by atoms with Gasteiger partial charge in [-0.25, -0.2) is 15.0 Å². The molecule has 15 heteroatoms. The Hall–Kier alpha value is -3.49. The second kappa shape index (κ2) is 11.9. The van der Waals surface area contributed by atoms with Crippen LogP contribution in [0.15, 0.2) is 60.0 Å². The Bertz CT molecular complexity index is 1430. The molecule has 0 saturated heterocycles. The predicted molar refractivity (Wildman–Crippen MR) is 141 cm³/mol. The summed E-state index contributed by atoms with van der Waals surface area (Å²) in [6, 6.07) is 7.97. The number of carbonyl (C=O) groups is 1. The third-order valence-electron chi connectivity index (χ3n) is 6.73. The number of nitrogens with zero attached hydrogens (tertiary/aromatic N) is 5. The average molecular weight is 599 g/mol. The lowest BCUT2D eigenvalue weighted by Crippen LogP contribution is -2.47. The number of nitrogens with one attached hydrogen (secondary N) is 1. The number of halogens is 4. The number of sulfonamides is 1. The van der Waals surface area contributed by atoms with Gasteiger partial charge in [0.1, 0.15) is 17.0 Å². The first-order chi connectivity index (χ1) is 18.9. The maximum atomic E-state index is 13.4. The summed E-state index contributed by atoms with van der Waals surface area (Å²) < 4.78 is 66.7. The number of hydrogen-bond acceptors (Lipinski definition) is 9. The lowest BCUT2D eigenvalue weighted by Gasteiger charge is -2.40. The molecule has 0 bridgehead atoms. The zero-order valence-corrected chi connectivity index (χ0v) is 23.0.